The molecule has 7 heteroatoms. The van der Waals surface area contributed by atoms with Crippen LogP contribution < -0.4 is 5.32 Å². The molecule has 0 unspecified atom stereocenters. The Hall–Kier alpha value is -2.15. The lowest BCUT2D eigenvalue weighted by Gasteiger charge is -2.13. The van der Waals surface area contributed by atoms with E-state index in [1.807, 2.05) is 30.3 Å². The van der Waals surface area contributed by atoms with Gasteiger partial charge in [0, 0.05) is 6.04 Å². The van der Waals surface area contributed by atoms with E-state index in [1.54, 1.807) is 10.7 Å². The van der Waals surface area contributed by atoms with Gasteiger partial charge in [0.1, 0.15) is 0 Å². The second-order valence-corrected chi connectivity index (χ2v) is 8.76. The number of rotatable bonds is 4. The van der Waals surface area contributed by atoms with Crippen molar-refractivity contribution in [2.24, 2.45) is 0 Å². The normalized spacial score (nSPS) is 22.4. The predicted octanol–water partition coefficient (Wildman–Crippen LogP) is 1.80. The van der Waals surface area contributed by atoms with Crippen molar-refractivity contribution in [1.82, 2.24) is 15.1 Å². The van der Waals surface area contributed by atoms with E-state index in [9.17, 15) is 13.2 Å². The van der Waals surface area contributed by atoms with Crippen molar-refractivity contribution in [2.75, 3.05) is 11.5 Å². The highest BCUT2D eigenvalue weighted by molar-refractivity contribution is 7.91. The number of nitrogens with one attached hydrogen (secondary N) is 1. The summed E-state index contributed by atoms with van der Waals surface area (Å²) in [6.45, 7) is 0. The van der Waals surface area contributed by atoms with Gasteiger partial charge in [-0.3, -0.25) is 9.48 Å². The summed E-state index contributed by atoms with van der Waals surface area (Å²) < 4.78 is 25.4. The van der Waals surface area contributed by atoms with Crippen LogP contribution in [0.4, 0.5) is 0 Å². The topological polar surface area (TPSA) is 81.1 Å². The second kappa shape index (κ2) is 5.73. The maximum Gasteiger partial charge on any atom is 0.272 e. The van der Waals surface area contributed by atoms with Crippen LogP contribution in [-0.4, -0.2) is 41.7 Å². The molecule has 1 aliphatic carbocycles. The van der Waals surface area contributed by atoms with Gasteiger partial charge in [0.05, 0.1) is 23.2 Å². The fraction of sp³-hybridized carbons (Fsp3) is 0.412. The summed E-state index contributed by atoms with van der Waals surface area (Å²) in [6, 6.07) is 11.5. The monoisotopic (exact) mass is 345 g/mol. The van der Waals surface area contributed by atoms with Crippen molar-refractivity contribution in [2.45, 2.75) is 31.3 Å². The number of carbonyl (C=O) groups excluding carboxylic acids is 1. The maximum atomic E-state index is 12.3. The summed E-state index contributed by atoms with van der Waals surface area (Å²) in [5.74, 6) is 0.0717. The van der Waals surface area contributed by atoms with Gasteiger partial charge in [-0.25, -0.2) is 8.42 Å². The fourth-order valence-electron chi connectivity index (χ4n) is 3.06. The van der Waals surface area contributed by atoms with Crippen LogP contribution in [0.2, 0.25) is 0 Å². The third-order valence-electron chi connectivity index (χ3n) is 4.50. The van der Waals surface area contributed by atoms with Crippen molar-refractivity contribution in [3.63, 3.8) is 0 Å². The van der Waals surface area contributed by atoms with Crippen LogP contribution in [-0.2, 0) is 9.84 Å². The maximum absolute atomic E-state index is 12.3. The summed E-state index contributed by atoms with van der Waals surface area (Å²) in [5, 5.41) is 7.39. The van der Waals surface area contributed by atoms with Crippen molar-refractivity contribution < 1.29 is 13.2 Å². The van der Waals surface area contributed by atoms with Gasteiger partial charge in [0.15, 0.2) is 15.5 Å². The standard InChI is InChI=1S/C17H19N3O3S/c21-17(18-13-6-7-13)15-10-16(12-4-2-1-3-5-12)20(19-15)14-8-9-24(22,23)11-14/h1-5,10,13-14H,6-9,11H2,(H,18,21)/t14-/m1/s1. The fourth-order valence-corrected chi connectivity index (χ4v) is 4.76. The lowest BCUT2D eigenvalue weighted by atomic mass is 10.1. The molecule has 2 fully saturated rings. The van der Waals surface area contributed by atoms with E-state index in [0.29, 0.717) is 12.1 Å². The molecule has 1 aliphatic heterocycles. The molecule has 1 atom stereocenters. The minimum Gasteiger partial charge on any atom is -0.348 e. The number of benzene rings is 1. The second-order valence-electron chi connectivity index (χ2n) is 6.53. The van der Waals surface area contributed by atoms with Gasteiger partial charge < -0.3 is 5.32 Å². The number of amides is 1. The first kappa shape index (κ1) is 15.4. The minimum atomic E-state index is -3.02. The molecule has 126 valence electrons. The van der Waals surface area contributed by atoms with E-state index >= 15 is 0 Å². The number of hydrogen-bond donors (Lipinski definition) is 1. The van der Waals surface area contributed by atoms with Gasteiger partial charge in [-0.2, -0.15) is 5.10 Å². The Labute approximate surface area is 140 Å². The van der Waals surface area contributed by atoms with Crippen LogP contribution in [0.5, 0.6) is 0 Å². The first-order chi connectivity index (χ1) is 11.5. The van der Waals surface area contributed by atoms with E-state index in [-0.39, 0.29) is 29.5 Å². The van der Waals surface area contributed by atoms with Crippen molar-refractivity contribution in [3.8, 4) is 11.3 Å². The lowest BCUT2D eigenvalue weighted by Crippen LogP contribution is -2.26. The van der Waals surface area contributed by atoms with Crippen molar-refractivity contribution in [3.05, 3.63) is 42.1 Å². The molecule has 1 aromatic heterocycles. The van der Waals surface area contributed by atoms with E-state index < -0.39 is 9.84 Å². The summed E-state index contributed by atoms with van der Waals surface area (Å²) >= 11 is 0. The number of sulfone groups is 1. The summed E-state index contributed by atoms with van der Waals surface area (Å²) in [4.78, 5) is 12.3. The zero-order valence-corrected chi connectivity index (χ0v) is 14.0. The van der Waals surface area contributed by atoms with Crippen LogP contribution in [0, 0.1) is 0 Å². The van der Waals surface area contributed by atoms with Gasteiger partial charge in [-0.15, -0.1) is 0 Å². The van der Waals surface area contributed by atoms with Gasteiger partial charge in [-0.1, -0.05) is 30.3 Å². The van der Waals surface area contributed by atoms with Crippen LogP contribution in [0.3, 0.4) is 0 Å². The van der Waals surface area contributed by atoms with E-state index in [2.05, 4.69) is 10.4 Å². The molecular weight excluding hydrogens is 326 g/mol. The van der Waals surface area contributed by atoms with Crippen LogP contribution >= 0.6 is 0 Å². The zero-order valence-electron chi connectivity index (χ0n) is 13.2. The number of nitrogens with zero attached hydrogens (tertiary/aromatic N) is 2. The van der Waals surface area contributed by atoms with Gasteiger partial charge >= 0.3 is 0 Å². The molecule has 2 aromatic rings. The van der Waals surface area contributed by atoms with E-state index in [0.717, 1.165) is 24.1 Å². The molecule has 4 rings (SSSR count). The van der Waals surface area contributed by atoms with Crippen LogP contribution in [0.1, 0.15) is 35.8 Å². The Morgan fingerprint density at radius 3 is 2.54 bits per heavy atom. The molecule has 2 aliphatic rings. The average Bonchev–Trinajstić information content (AvgIpc) is 3.14. The molecule has 0 spiro atoms. The first-order valence-electron chi connectivity index (χ1n) is 8.18. The largest absolute Gasteiger partial charge is 0.348 e. The highest BCUT2D eigenvalue weighted by atomic mass is 32.2. The third kappa shape index (κ3) is 3.08. The number of carbonyl (C=O) groups is 1. The molecular formula is C17H19N3O3S. The number of aromatic nitrogens is 2. The van der Waals surface area contributed by atoms with Crippen LogP contribution in [0.15, 0.2) is 36.4 Å². The predicted molar refractivity (Wildman–Crippen MR) is 90.5 cm³/mol. The Balaban J connectivity index is 1.72. The summed E-state index contributed by atoms with van der Waals surface area (Å²) in [5.41, 5.74) is 2.07. The van der Waals surface area contributed by atoms with Crippen molar-refractivity contribution in [1.29, 1.82) is 0 Å². The molecule has 2 heterocycles. The molecule has 1 aromatic carbocycles. The molecule has 1 N–H and O–H groups in total. The SMILES string of the molecule is O=C(NC1CC1)c1cc(-c2ccccc2)n([C@@H]2CCS(=O)(=O)C2)n1. The number of hydrogen-bond acceptors (Lipinski definition) is 4. The van der Waals surface area contributed by atoms with Gasteiger partial charge in [0.2, 0.25) is 0 Å². The molecule has 1 saturated carbocycles. The van der Waals surface area contributed by atoms with E-state index in [1.165, 1.54) is 0 Å². The van der Waals surface area contributed by atoms with Crippen molar-refractivity contribution >= 4 is 15.7 Å². The quantitative estimate of drug-likeness (QED) is 0.916. The Bertz CT molecular complexity index is 870. The summed E-state index contributed by atoms with van der Waals surface area (Å²) in [7, 11) is -3.02. The lowest BCUT2D eigenvalue weighted by molar-refractivity contribution is 0.0945. The van der Waals surface area contributed by atoms with Crippen LogP contribution in [0.25, 0.3) is 11.3 Å². The van der Waals surface area contributed by atoms with E-state index in [4.69, 9.17) is 0 Å². The molecule has 1 saturated heterocycles. The minimum absolute atomic E-state index is 0.0815. The molecule has 24 heavy (non-hydrogen) atoms. The Morgan fingerprint density at radius 1 is 1.17 bits per heavy atom. The Kier molecular flexibility index (Phi) is 3.68. The Morgan fingerprint density at radius 2 is 1.92 bits per heavy atom. The third-order valence-corrected chi connectivity index (χ3v) is 6.26. The highest BCUT2D eigenvalue weighted by Crippen LogP contribution is 2.30. The zero-order chi connectivity index (χ0) is 16.7. The average molecular weight is 345 g/mol. The highest BCUT2D eigenvalue weighted by Gasteiger charge is 2.32. The molecule has 0 radical (unpaired) electrons. The van der Waals surface area contributed by atoms with Gasteiger partial charge in [-0.05, 0) is 30.9 Å². The summed E-state index contributed by atoms with van der Waals surface area (Å²) in [6.07, 6.45) is 2.56. The smallest absolute Gasteiger partial charge is 0.272 e. The first-order valence-corrected chi connectivity index (χ1v) is 10.0. The van der Waals surface area contributed by atoms with Gasteiger partial charge in [0.25, 0.3) is 5.91 Å². The molecule has 6 nitrogen and oxygen atoms in total. The molecule has 1 amide bonds. The molecule has 0 bridgehead atoms.